The average molecular weight is 274 g/mol. The van der Waals surface area contributed by atoms with Gasteiger partial charge in [-0.3, -0.25) is 4.68 Å². The first-order valence-corrected chi connectivity index (χ1v) is 7.83. The molecule has 6 nitrogen and oxygen atoms in total. The summed E-state index contributed by atoms with van der Waals surface area (Å²) in [5, 5.41) is 7.46. The van der Waals surface area contributed by atoms with Crippen molar-refractivity contribution in [2.24, 2.45) is 7.05 Å². The Morgan fingerprint density at radius 3 is 2.72 bits per heavy atom. The van der Waals surface area contributed by atoms with Gasteiger partial charge in [0.1, 0.15) is 0 Å². The van der Waals surface area contributed by atoms with Crippen molar-refractivity contribution in [3.63, 3.8) is 0 Å². The van der Waals surface area contributed by atoms with Crippen LogP contribution < -0.4 is 10.0 Å². The third-order valence-corrected chi connectivity index (χ3v) is 4.02. The summed E-state index contributed by atoms with van der Waals surface area (Å²) in [6.07, 6.45) is 2.85. The zero-order valence-electron chi connectivity index (χ0n) is 11.2. The molecule has 0 amide bonds. The van der Waals surface area contributed by atoms with Crippen molar-refractivity contribution in [2.45, 2.75) is 26.8 Å². The lowest BCUT2D eigenvalue weighted by Crippen LogP contribution is -2.31. The van der Waals surface area contributed by atoms with E-state index in [0.29, 0.717) is 19.6 Å². The number of aromatic nitrogens is 2. The Labute approximate surface area is 109 Å². The van der Waals surface area contributed by atoms with Crippen LogP contribution in [0.5, 0.6) is 0 Å². The van der Waals surface area contributed by atoms with Gasteiger partial charge in [0, 0.05) is 38.4 Å². The Morgan fingerprint density at radius 1 is 1.39 bits per heavy atom. The smallest absolute Gasteiger partial charge is 0.212 e. The fourth-order valence-corrected chi connectivity index (χ4v) is 2.75. The monoisotopic (exact) mass is 274 g/mol. The molecule has 1 aromatic rings. The molecule has 0 saturated carbocycles. The number of hydrogen-bond donors (Lipinski definition) is 2. The number of aryl methyl sites for hydroxylation is 2. The van der Waals surface area contributed by atoms with E-state index in [4.69, 9.17) is 0 Å². The molecule has 0 unspecified atom stereocenters. The van der Waals surface area contributed by atoms with Crippen LogP contribution in [-0.2, 0) is 30.0 Å². The van der Waals surface area contributed by atoms with E-state index in [1.54, 1.807) is 11.6 Å². The molecule has 0 spiro atoms. The van der Waals surface area contributed by atoms with Gasteiger partial charge in [-0.1, -0.05) is 13.8 Å². The van der Waals surface area contributed by atoms with Gasteiger partial charge in [-0.15, -0.1) is 0 Å². The highest BCUT2D eigenvalue weighted by Gasteiger charge is 2.09. The molecule has 0 aliphatic rings. The maximum Gasteiger partial charge on any atom is 0.212 e. The molecule has 104 valence electrons. The first kappa shape index (κ1) is 15.1. The van der Waals surface area contributed by atoms with Gasteiger partial charge in [-0.05, 0) is 6.42 Å². The van der Waals surface area contributed by atoms with Gasteiger partial charge in [0.15, 0.2) is 0 Å². The molecular formula is C11H22N4O2S. The first-order chi connectivity index (χ1) is 8.48. The minimum Gasteiger partial charge on any atom is -0.311 e. The first-order valence-electron chi connectivity index (χ1n) is 6.18. The lowest BCUT2D eigenvalue weighted by Gasteiger charge is -2.06. The van der Waals surface area contributed by atoms with E-state index in [1.165, 1.54) is 0 Å². The maximum absolute atomic E-state index is 11.4. The number of sulfonamides is 1. The molecule has 0 aliphatic heterocycles. The minimum absolute atomic E-state index is 0.0998. The van der Waals surface area contributed by atoms with Crippen molar-refractivity contribution in [3.05, 3.63) is 17.5 Å². The van der Waals surface area contributed by atoms with Gasteiger partial charge in [-0.25, -0.2) is 13.1 Å². The Bertz CT molecular complexity index is 467. The highest BCUT2D eigenvalue weighted by Crippen LogP contribution is 2.06. The van der Waals surface area contributed by atoms with E-state index in [0.717, 1.165) is 17.7 Å². The highest BCUT2D eigenvalue weighted by molar-refractivity contribution is 7.89. The molecule has 0 radical (unpaired) electrons. The zero-order chi connectivity index (χ0) is 13.6. The van der Waals surface area contributed by atoms with Crippen LogP contribution in [0.4, 0.5) is 0 Å². The summed E-state index contributed by atoms with van der Waals surface area (Å²) in [5.74, 6) is 0.0998. The van der Waals surface area contributed by atoms with Crippen LogP contribution in [-0.4, -0.2) is 37.0 Å². The van der Waals surface area contributed by atoms with Crippen molar-refractivity contribution < 1.29 is 8.42 Å². The quantitative estimate of drug-likeness (QED) is 0.655. The number of rotatable bonds is 8. The normalized spacial score (nSPS) is 11.9. The lowest BCUT2D eigenvalue weighted by molar-refractivity contribution is 0.578. The lowest BCUT2D eigenvalue weighted by atomic mass is 10.2. The summed E-state index contributed by atoms with van der Waals surface area (Å²) < 4.78 is 27.0. The molecule has 1 heterocycles. The predicted octanol–water partition coefficient (Wildman–Crippen LogP) is 0.0114. The Morgan fingerprint density at radius 2 is 2.11 bits per heavy atom. The molecule has 0 aromatic carbocycles. The van der Waals surface area contributed by atoms with Crippen LogP contribution in [0, 0.1) is 0 Å². The maximum atomic E-state index is 11.4. The van der Waals surface area contributed by atoms with Gasteiger partial charge in [0.2, 0.25) is 10.0 Å². The fraction of sp³-hybridized carbons (Fsp3) is 0.727. The predicted molar refractivity (Wildman–Crippen MR) is 71.8 cm³/mol. The molecule has 0 saturated heterocycles. The largest absolute Gasteiger partial charge is 0.311 e. The molecular weight excluding hydrogens is 252 g/mol. The molecule has 0 atom stereocenters. The topological polar surface area (TPSA) is 76.0 Å². The van der Waals surface area contributed by atoms with Gasteiger partial charge in [0.05, 0.1) is 11.4 Å². The number of nitrogens with zero attached hydrogens (tertiary/aromatic N) is 2. The minimum atomic E-state index is -3.13. The van der Waals surface area contributed by atoms with Crippen LogP contribution in [0.25, 0.3) is 0 Å². The van der Waals surface area contributed by atoms with E-state index >= 15 is 0 Å². The Hall–Kier alpha value is -0.920. The van der Waals surface area contributed by atoms with Crippen LogP contribution in [0.15, 0.2) is 6.20 Å². The zero-order valence-corrected chi connectivity index (χ0v) is 12.0. The average Bonchev–Trinajstić information content (AvgIpc) is 2.65. The standard InChI is InChI=1S/C11H22N4O2S/c1-4-11-10(9-15(3)14-11)8-12-6-7-18(16,17)13-5-2/h9,12-13H,4-8H2,1-3H3. The van der Waals surface area contributed by atoms with Crippen molar-refractivity contribution in [1.29, 1.82) is 0 Å². The van der Waals surface area contributed by atoms with E-state index < -0.39 is 10.0 Å². The number of hydrogen-bond acceptors (Lipinski definition) is 4. The fourth-order valence-electron chi connectivity index (χ4n) is 1.75. The Kier molecular flexibility index (Phi) is 5.77. The highest BCUT2D eigenvalue weighted by atomic mass is 32.2. The summed E-state index contributed by atoms with van der Waals surface area (Å²) in [6.45, 7) is 5.35. The van der Waals surface area contributed by atoms with Crippen LogP contribution in [0.2, 0.25) is 0 Å². The van der Waals surface area contributed by atoms with Crippen LogP contribution in [0.3, 0.4) is 0 Å². The van der Waals surface area contributed by atoms with Crippen molar-refractivity contribution in [1.82, 2.24) is 19.8 Å². The SMILES string of the molecule is CCNS(=O)(=O)CCNCc1cn(C)nc1CC. The van der Waals surface area contributed by atoms with Gasteiger partial charge in [-0.2, -0.15) is 5.10 Å². The third kappa shape index (κ3) is 4.75. The van der Waals surface area contributed by atoms with Crippen molar-refractivity contribution in [2.75, 3.05) is 18.8 Å². The molecule has 0 fully saturated rings. The molecule has 1 rings (SSSR count). The molecule has 1 aromatic heterocycles. The number of nitrogens with one attached hydrogen (secondary N) is 2. The summed E-state index contributed by atoms with van der Waals surface area (Å²) in [6, 6.07) is 0. The van der Waals surface area contributed by atoms with Crippen molar-refractivity contribution in [3.8, 4) is 0 Å². The van der Waals surface area contributed by atoms with E-state index in [2.05, 4.69) is 22.1 Å². The molecule has 0 aliphatic carbocycles. The summed E-state index contributed by atoms with van der Waals surface area (Å²) >= 11 is 0. The molecule has 7 heteroatoms. The molecule has 0 bridgehead atoms. The van der Waals surface area contributed by atoms with E-state index in [9.17, 15) is 8.42 Å². The van der Waals surface area contributed by atoms with Gasteiger partial charge >= 0.3 is 0 Å². The molecule has 18 heavy (non-hydrogen) atoms. The van der Waals surface area contributed by atoms with Gasteiger partial charge < -0.3 is 5.32 Å². The van der Waals surface area contributed by atoms with E-state index in [-0.39, 0.29) is 5.75 Å². The second-order valence-electron chi connectivity index (χ2n) is 4.12. The van der Waals surface area contributed by atoms with Crippen LogP contribution >= 0.6 is 0 Å². The summed E-state index contributed by atoms with van der Waals surface area (Å²) in [7, 11) is -1.24. The van der Waals surface area contributed by atoms with Crippen LogP contribution in [0.1, 0.15) is 25.1 Å². The third-order valence-electron chi connectivity index (χ3n) is 2.55. The summed E-state index contributed by atoms with van der Waals surface area (Å²) in [5.41, 5.74) is 2.18. The van der Waals surface area contributed by atoms with Crippen molar-refractivity contribution >= 4 is 10.0 Å². The Balaban J connectivity index is 2.38. The van der Waals surface area contributed by atoms with Gasteiger partial charge in [0.25, 0.3) is 0 Å². The second-order valence-corrected chi connectivity index (χ2v) is 6.05. The van der Waals surface area contributed by atoms with E-state index in [1.807, 2.05) is 13.2 Å². The second kappa shape index (κ2) is 6.86. The summed E-state index contributed by atoms with van der Waals surface area (Å²) in [4.78, 5) is 0. The molecule has 2 N–H and O–H groups in total.